The number of fused-ring (bicyclic) bond motifs is 2. The van der Waals surface area contributed by atoms with Crippen molar-refractivity contribution in [1.29, 1.82) is 0 Å². The number of anilines is 1. The Morgan fingerprint density at radius 2 is 1.74 bits per heavy atom. The van der Waals surface area contributed by atoms with Crippen LogP contribution in [0.2, 0.25) is 5.02 Å². The van der Waals surface area contributed by atoms with E-state index >= 15 is 0 Å². The zero-order chi connectivity index (χ0) is 22.4. The van der Waals surface area contributed by atoms with Crippen molar-refractivity contribution in [3.63, 3.8) is 0 Å². The van der Waals surface area contributed by atoms with E-state index in [9.17, 15) is 9.59 Å². The number of carbonyl (C=O) groups excluding carboxylic acids is 2. The summed E-state index contributed by atoms with van der Waals surface area (Å²) in [5.41, 5.74) is 0.415. The van der Waals surface area contributed by atoms with Crippen molar-refractivity contribution >= 4 is 50.8 Å². The van der Waals surface area contributed by atoms with Crippen molar-refractivity contribution < 1.29 is 14.4 Å². The lowest BCUT2D eigenvalue weighted by Gasteiger charge is -2.39. The summed E-state index contributed by atoms with van der Waals surface area (Å²) in [6, 6.07) is 14.1. The first-order chi connectivity index (χ1) is 14.6. The number of para-hydroxylation sites is 1. The third kappa shape index (κ3) is 3.40. The molecule has 7 heteroatoms. The summed E-state index contributed by atoms with van der Waals surface area (Å²) in [4.78, 5) is 31.2. The number of hydrogen-bond donors (Lipinski definition) is 1. The molecule has 5 nitrogen and oxygen atoms in total. The molecule has 2 aromatic carbocycles. The van der Waals surface area contributed by atoms with Crippen LogP contribution in [0, 0.1) is 16.2 Å². The minimum atomic E-state index is -0.649. The predicted molar refractivity (Wildman–Crippen MR) is 125 cm³/mol. The molecule has 1 amide bonds. The fraction of sp³-hybridized carbons (Fsp3) is 0.375. The smallest absolute Gasteiger partial charge is 0.324 e. The first-order valence-corrected chi connectivity index (χ1v) is 11.4. The van der Waals surface area contributed by atoms with E-state index in [1.165, 1.54) is 0 Å². The topological polar surface area (TPSA) is 67.8 Å². The lowest BCUT2D eigenvalue weighted by molar-refractivity contribution is -0.130. The van der Waals surface area contributed by atoms with Crippen LogP contribution >= 0.6 is 27.5 Å². The molecule has 2 saturated carbocycles. The molecule has 162 valence electrons. The average molecular weight is 504 g/mol. The molecule has 4 rings (SSSR count). The zero-order valence-electron chi connectivity index (χ0n) is 17.7. The van der Waals surface area contributed by atoms with Crippen LogP contribution in [0.25, 0.3) is 0 Å². The van der Waals surface area contributed by atoms with Gasteiger partial charge in [0.2, 0.25) is 5.91 Å². The highest BCUT2D eigenvalue weighted by molar-refractivity contribution is 9.10. The monoisotopic (exact) mass is 502 g/mol. The summed E-state index contributed by atoms with van der Waals surface area (Å²) in [5.74, 6) is -0.586. The summed E-state index contributed by atoms with van der Waals surface area (Å²) >= 11 is 9.61. The number of rotatable bonds is 4. The van der Waals surface area contributed by atoms with Crippen molar-refractivity contribution in [2.75, 3.05) is 5.32 Å². The van der Waals surface area contributed by atoms with Crippen LogP contribution in [0.5, 0.6) is 0 Å². The molecular weight excluding hydrogens is 480 g/mol. The molecule has 2 aliphatic carbocycles. The first kappa shape index (κ1) is 22.0. The molecule has 2 atom stereocenters. The van der Waals surface area contributed by atoms with Gasteiger partial charge in [0.15, 0.2) is 0 Å². The lowest BCUT2D eigenvalue weighted by atomic mass is 9.64. The summed E-state index contributed by atoms with van der Waals surface area (Å²) < 4.78 is 0.879. The summed E-state index contributed by atoms with van der Waals surface area (Å²) in [7, 11) is 0. The van der Waals surface area contributed by atoms with Crippen molar-refractivity contribution in [2.45, 2.75) is 40.0 Å². The summed E-state index contributed by atoms with van der Waals surface area (Å²) in [6.07, 6.45) is 1.98. The summed E-state index contributed by atoms with van der Waals surface area (Å²) in [5, 5.41) is 7.80. The molecule has 2 bridgehead atoms. The van der Waals surface area contributed by atoms with Crippen LogP contribution in [0.1, 0.15) is 50.4 Å². The number of hydrogen-bond acceptors (Lipinski definition) is 4. The minimum Gasteiger partial charge on any atom is -0.324 e. The van der Waals surface area contributed by atoms with Gasteiger partial charge in [0.25, 0.3) is 0 Å². The van der Waals surface area contributed by atoms with Crippen molar-refractivity contribution in [1.82, 2.24) is 0 Å². The Bertz CT molecular complexity index is 1080. The highest BCUT2D eigenvalue weighted by Gasteiger charge is 2.71. The quantitative estimate of drug-likeness (QED) is 0.384. The maximum atomic E-state index is 13.5. The van der Waals surface area contributed by atoms with Crippen LogP contribution in [0.4, 0.5) is 5.69 Å². The number of amides is 1. The van der Waals surface area contributed by atoms with E-state index in [0.29, 0.717) is 22.7 Å². The Kier molecular flexibility index (Phi) is 5.51. The van der Waals surface area contributed by atoms with Crippen LogP contribution in [0.15, 0.2) is 58.2 Å². The number of nitrogens with zero attached hydrogens (tertiary/aromatic N) is 1. The van der Waals surface area contributed by atoms with Gasteiger partial charge in [-0.15, -0.1) is 0 Å². The van der Waals surface area contributed by atoms with Gasteiger partial charge in [-0.2, -0.15) is 0 Å². The second-order valence-corrected chi connectivity index (χ2v) is 10.4. The Labute approximate surface area is 195 Å². The fourth-order valence-corrected chi connectivity index (χ4v) is 5.51. The molecule has 0 saturated heterocycles. The Morgan fingerprint density at radius 3 is 2.42 bits per heavy atom. The third-order valence-corrected chi connectivity index (χ3v) is 8.47. The van der Waals surface area contributed by atoms with Gasteiger partial charge in [-0.05, 0) is 54.7 Å². The first-order valence-electron chi connectivity index (χ1n) is 10.2. The molecule has 0 aliphatic heterocycles. The van der Waals surface area contributed by atoms with Crippen molar-refractivity contribution in [3.8, 4) is 0 Å². The van der Waals surface area contributed by atoms with Crippen LogP contribution in [-0.2, 0) is 9.63 Å². The zero-order valence-corrected chi connectivity index (χ0v) is 20.0. The Morgan fingerprint density at radius 1 is 1.06 bits per heavy atom. The number of benzene rings is 2. The highest BCUT2D eigenvalue weighted by atomic mass is 79.9. The normalized spacial score (nSPS) is 27.3. The second-order valence-electron chi connectivity index (χ2n) is 9.07. The van der Waals surface area contributed by atoms with Gasteiger partial charge in [-0.3, -0.25) is 4.79 Å². The van der Waals surface area contributed by atoms with Crippen LogP contribution in [-0.4, -0.2) is 17.6 Å². The van der Waals surface area contributed by atoms with Gasteiger partial charge < -0.3 is 10.2 Å². The standard InChI is InChI=1S/C24H24BrClN2O3/c1-22(2)23(3)12-13-24(22,21(30)27-18-7-5-4-6-17(18)26)14-19(23)28-31-20(29)15-8-10-16(25)11-9-15/h4-11H,12-14H2,1-3H3,(H,27,30). The van der Waals surface area contributed by atoms with Gasteiger partial charge in [-0.1, -0.05) is 65.6 Å². The maximum Gasteiger partial charge on any atom is 0.365 e. The van der Waals surface area contributed by atoms with E-state index in [-0.39, 0.29) is 16.7 Å². The molecule has 0 radical (unpaired) electrons. The third-order valence-electron chi connectivity index (χ3n) is 7.61. The molecule has 2 aromatic rings. The molecule has 0 aromatic heterocycles. The van der Waals surface area contributed by atoms with E-state index in [0.717, 1.165) is 23.0 Å². The van der Waals surface area contributed by atoms with Crippen LogP contribution in [0.3, 0.4) is 0 Å². The van der Waals surface area contributed by atoms with Gasteiger partial charge in [0.05, 0.1) is 27.4 Å². The van der Waals surface area contributed by atoms with Gasteiger partial charge in [0, 0.05) is 16.3 Å². The van der Waals surface area contributed by atoms with E-state index in [1.54, 1.807) is 36.4 Å². The lowest BCUT2D eigenvalue weighted by Crippen LogP contribution is -2.43. The van der Waals surface area contributed by atoms with Crippen molar-refractivity contribution in [2.24, 2.45) is 21.4 Å². The molecule has 2 fully saturated rings. The molecule has 31 heavy (non-hydrogen) atoms. The van der Waals surface area contributed by atoms with E-state index in [2.05, 4.69) is 47.2 Å². The maximum absolute atomic E-state index is 13.5. The van der Waals surface area contributed by atoms with E-state index in [4.69, 9.17) is 16.4 Å². The number of nitrogens with one attached hydrogen (secondary N) is 1. The Hall–Kier alpha value is -2.18. The van der Waals surface area contributed by atoms with E-state index < -0.39 is 11.4 Å². The van der Waals surface area contributed by atoms with Gasteiger partial charge >= 0.3 is 5.97 Å². The number of oxime groups is 1. The highest BCUT2D eigenvalue weighted by Crippen LogP contribution is 2.71. The average Bonchev–Trinajstić information content (AvgIpc) is 3.05. The van der Waals surface area contributed by atoms with Crippen LogP contribution < -0.4 is 5.32 Å². The molecule has 2 aliphatic rings. The summed E-state index contributed by atoms with van der Waals surface area (Å²) in [6.45, 7) is 6.31. The minimum absolute atomic E-state index is 0.0706. The molecular formula is C24H24BrClN2O3. The predicted octanol–water partition coefficient (Wildman–Crippen LogP) is 6.47. The van der Waals surface area contributed by atoms with Gasteiger partial charge in [-0.25, -0.2) is 4.79 Å². The second kappa shape index (κ2) is 7.75. The fourth-order valence-electron chi connectivity index (χ4n) is 5.06. The molecule has 2 unspecified atom stereocenters. The van der Waals surface area contributed by atoms with Gasteiger partial charge in [0.1, 0.15) is 0 Å². The van der Waals surface area contributed by atoms with Crippen molar-refractivity contribution in [3.05, 3.63) is 63.6 Å². The largest absolute Gasteiger partial charge is 0.365 e. The molecule has 0 heterocycles. The SMILES string of the molecule is CC12CCC(C(=O)Nc3ccccc3Cl)(CC1=NOC(=O)c1ccc(Br)cc1)C2(C)C. The number of halogens is 2. The number of carbonyl (C=O) groups is 2. The molecule has 1 N–H and O–H groups in total. The Balaban J connectivity index is 1.59. The van der Waals surface area contributed by atoms with E-state index in [1.807, 2.05) is 12.1 Å². The molecule has 0 spiro atoms.